The van der Waals surface area contributed by atoms with E-state index in [1.165, 1.54) is 19.4 Å². The molecule has 7 nitrogen and oxygen atoms in total. The zero-order valence-electron chi connectivity index (χ0n) is 15.3. The van der Waals surface area contributed by atoms with Crippen LogP contribution in [0.3, 0.4) is 0 Å². The number of halogens is 1. The third-order valence-electron chi connectivity index (χ3n) is 3.55. The Kier molecular flexibility index (Phi) is 7.43. The Morgan fingerprint density at radius 1 is 1.21 bits per heavy atom. The quantitative estimate of drug-likeness (QED) is 0.415. The van der Waals surface area contributed by atoms with Crippen LogP contribution in [0.5, 0.6) is 5.75 Å². The Hall–Kier alpha value is -3.50. The second kappa shape index (κ2) is 10.00. The Morgan fingerprint density at radius 3 is 2.54 bits per heavy atom. The minimum atomic E-state index is -0.626. The third-order valence-corrected chi connectivity index (χ3v) is 3.79. The van der Waals surface area contributed by atoms with Gasteiger partial charge in [0.25, 0.3) is 5.91 Å². The van der Waals surface area contributed by atoms with E-state index >= 15 is 0 Å². The second-order valence-electron chi connectivity index (χ2n) is 5.41. The zero-order chi connectivity index (χ0) is 20.5. The molecule has 1 amide bonds. The van der Waals surface area contributed by atoms with Gasteiger partial charge in [-0.2, -0.15) is 5.26 Å². The summed E-state index contributed by atoms with van der Waals surface area (Å²) in [5.74, 6) is -0.631. The molecule has 0 aromatic heterocycles. The first-order chi connectivity index (χ1) is 13.5. The summed E-state index contributed by atoms with van der Waals surface area (Å²) in [6, 6.07) is 13.0. The minimum absolute atomic E-state index is 0.156. The normalized spacial score (nSPS) is 10.6. The number of nitrogens with zero attached hydrogens (tertiary/aromatic N) is 1. The first kappa shape index (κ1) is 20.8. The number of ether oxygens (including phenoxy) is 2. The van der Waals surface area contributed by atoms with E-state index in [-0.39, 0.29) is 5.57 Å². The molecule has 0 aliphatic heterocycles. The summed E-state index contributed by atoms with van der Waals surface area (Å²) < 4.78 is 10.1. The maximum atomic E-state index is 12.4. The van der Waals surface area contributed by atoms with E-state index in [1.807, 2.05) is 6.07 Å². The van der Waals surface area contributed by atoms with Gasteiger partial charge < -0.3 is 20.1 Å². The Morgan fingerprint density at radius 2 is 1.93 bits per heavy atom. The molecular weight excluding hydrogens is 382 g/mol. The molecule has 2 N–H and O–H groups in total. The Labute approximate surface area is 167 Å². The summed E-state index contributed by atoms with van der Waals surface area (Å²) in [4.78, 5) is 24.0. The number of amides is 1. The Bertz CT molecular complexity index is 933. The molecule has 2 aromatic rings. The van der Waals surface area contributed by atoms with E-state index in [9.17, 15) is 14.9 Å². The van der Waals surface area contributed by atoms with Crippen molar-refractivity contribution in [3.05, 3.63) is 64.8 Å². The maximum absolute atomic E-state index is 12.4. The van der Waals surface area contributed by atoms with Gasteiger partial charge in [0, 0.05) is 16.9 Å². The van der Waals surface area contributed by atoms with Crippen LogP contribution in [0.2, 0.25) is 5.02 Å². The van der Waals surface area contributed by atoms with Crippen LogP contribution in [0.4, 0.5) is 11.4 Å². The average molecular weight is 400 g/mol. The van der Waals surface area contributed by atoms with Gasteiger partial charge in [-0.05, 0) is 49.4 Å². The van der Waals surface area contributed by atoms with E-state index < -0.39 is 11.9 Å². The van der Waals surface area contributed by atoms with E-state index in [1.54, 1.807) is 43.3 Å². The van der Waals surface area contributed by atoms with Crippen LogP contribution < -0.4 is 15.4 Å². The molecule has 0 heterocycles. The number of carbonyl (C=O) groups excluding carboxylic acids is 2. The van der Waals surface area contributed by atoms with Gasteiger partial charge in [0.15, 0.2) is 0 Å². The molecule has 0 atom stereocenters. The van der Waals surface area contributed by atoms with Gasteiger partial charge in [-0.15, -0.1) is 0 Å². The number of carbonyl (C=O) groups is 2. The number of hydrogen-bond donors (Lipinski definition) is 2. The molecule has 8 heteroatoms. The molecule has 144 valence electrons. The number of benzene rings is 2. The minimum Gasteiger partial charge on any atom is -0.495 e. The van der Waals surface area contributed by atoms with Crippen molar-refractivity contribution in [1.82, 2.24) is 0 Å². The van der Waals surface area contributed by atoms with Gasteiger partial charge in [-0.25, -0.2) is 4.79 Å². The summed E-state index contributed by atoms with van der Waals surface area (Å²) in [6.07, 6.45) is 1.27. The lowest BCUT2D eigenvalue weighted by Gasteiger charge is -2.10. The first-order valence-corrected chi connectivity index (χ1v) is 8.65. The van der Waals surface area contributed by atoms with Crippen molar-refractivity contribution in [2.45, 2.75) is 6.92 Å². The van der Waals surface area contributed by atoms with Gasteiger partial charge in [-0.3, -0.25) is 4.79 Å². The van der Waals surface area contributed by atoms with Crippen molar-refractivity contribution in [2.24, 2.45) is 0 Å². The average Bonchev–Trinajstić information content (AvgIpc) is 2.69. The van der Waals surface area contributed by atoms with Gasteiger partial charge in [0.1, 0.15) is 17.4 Å². The molecule has 0 bridgehead atoms. The fourth-order valence-electron chi connectivity index (χ4n) is 2.19. The van der Waals surface area contributed by atoms with Crippen LogP contribution in [0.25, 0.3) is 0 Å². The van der Waals surface area contributed by atoms with Crippen LogP contribution in [-0.2, 0) is 9.53 Å². The third kappa shape index (κ3) is 5.50. The smallest absolute Gasteiger partial charge is 0.338 e. The van der Waals surface area contributed by atoms with Crippen molar-refractivity contribution in [3.8, 4) is 11.8 Å². The zero-order valence-corrected chi connectivity index (χ0v) is 16.0. The summed E-state index contributed by atoms with van der Waals surface area (Å²) >= 11 is 5.93. The monoisotopic (exact) mass is 399 g/mol. The highest BCUT2D eigenvalue weighted by atomic mass is 35.5. The van der Waals surface area contributed by atoms with Crippen LogP contribution in [0.1, 0.15) is 17.3 Å². The first-order valence-electron chi connectivity index (χ1n) is 8.27. The topological polar surface area (TPSA) is 100 Å². The fourth-order valence-corrected chi connectivity index (χ4v) is 2.36. The SMILES string of the molecule is CCOC(=O)c1ccc(N/C=C(/C#N)C(=O)Nc2cc(Cl)ccc2OC)cc1. The van der Waals surface area contributed by atoms with E-state index in [0.717, 1.165) is 0 Å². The molecule has 0 spiro atoms. The van der Waals surface area contributed by atoms with Crippen molar-refractivity contribution in [3.63, 3.8) is 0 Å². The van der Waals surface area contributed by atoms with Crippen molar-refractivity contribution in [2.75, 3.05) is 24.4 Å². The van der Waals surface area contributed by atoms with Crippen molar-refractivity contribution < 1.29 is 19.1 Å². The molecule has 0 saturated heterocycles. The molecule has 0 aliphatic rings. The standard InChI is InChI=1S/C20H18ClN3O4/c1-3-28-20(26)13-4-7-16(8-5-13)23-12-14(11-22)19(25)24-17-10-15(21)6-9-18(17)27-2/h4-10,12,23H,3H2,1-2H3,(H,24,25)/b14-12-. The molecule has 0 fully saturated rings. The van der Waals surface area contributed by atoms with Gasteiger partial charge >= 0.3 is 5.97 Å². The molecule has 0 saturated carbocycles. The number of anilines is 2. The lowest BCUT2D eigenvalue weighted by Crippen LogP contribution is -2.15. The predicted molar refractivity (Wildman–Crippen MR) is 106 cm³/mol. The highest BCUT2D eigenvalue weighted by Crippen LogP contribution is 2.28. The number of nitriles is 1. The van der Waals surface area contributed by atoms with E-state index in [0.29, 0.717) is 34.3 Å². The van der Waals surface area contributed by atoms with Crippen LogP contribution in [0, 0.1) is 11.3 Å². The van der Waals surface area contributed by atoms with Crippen molar-refractivity contribution in [1.29, 1.82) is 5.26 Å². The van der Waals surface area contributed by atoms with Crippen LogP contribution in [-0.4, -0.2) is 25.6 Å². The maximum Gasteiger partial charge on any atom is 0.338 e. The molecular formula is C20H18ClN3O4. The molecule has 28 heavy (non-hydrogen) atoms. The molecule has 0 aliphatic carbocycles. The Balaban J connectivity index is 2.09. The lowest BCUT2D eigenvalue weighted by molar-refractivity contribution is -0.112. The highest BCUT2D eigenvalue weighted by molar-refractivity contribution is 6.31. The van der Waals surface area contributed by atoms with Gasteiger partial charge in [-0.1, -0.05) is 11.6 Å². The largest absolute Gasteiger partial charge is 0.495 e. The number of esters is 1. The van der Waals surface area contributed by atoms with E-state index in [2.05, 4.69) is 10.6 Å². The van der Waals surface area contributed by atoms with Gasteiger partial charge in [0.05, 0.1) is 25.0 Å². The van der Waals surface area contributed by atoms with Crippen molar-refractivity contribution >= 4 is 34.9 Å². The lowest BCUT2D eigenvalue weighted by atomic mass is 10.2. The number of methoxy groups -OCH3 is 1. The highest BCUT2D eigenvalue weighted by Gasteiger charge is 2.13. The molecule has 0 radical (unpaired) electrons. The molecule has 0 unspecified atom stereocenters. The van der Waals surface area contributed by atoms with Crippen LogP contribution >= 0.6 is 11.6 Å². The number of nitrogens with one attached hydrogen (secondary N) is 2. The molecule has 2 aromatic carbocycles. The summed E-state index contributed by atoms with van der Waals surface area (Å²) in [6.45, 7) is 2.02. The predicted octanol–water partition coefficient (Wildman–Crippen LogP) is 3.98. The van der Waals surface area contributed by atoms with Gasteiger partial charge in [0.2, 0.25) is 0 Å². The second-order valence-corrected chi connectivity index (χ2v) is 5.85. The summed E-state index contributed by atoms with van der Waals surface area (Å²) in [5, 5.41) is 15.1. The summed E-state index contributed by atoms with van der Waals surface area (Å²) in [7, 11) is 1.46. The number of rotatable bonds is 7. The van der Waals surface area contributed by atoms with Crippen LogP contribution in [0.15, 0.2) is 54.2 Å². The molecule has 2 rings (SSSR count). The van der Waals surface area contributed by atoms with E-state index in [4.69, 9.17) is 21.1 Å². The fraction of sp³-hybridized carbons (Fsp3) is 0.150. The number of hydrogen-bond acceptors (Lipinski definition) is 6. The summed E-state index contributed by atoms with van der Waals surface area (Å²) in [5.41, 5.74) is 1.19.